The minimum atomic E-state index is -0.826. The molecule has 5 rings (SSSR count). The molecule has 4 aromatic rings. The van der Waals surface area contributed by atoms with Gasteiger partial charge < -0.3 is 0 Å². The third-order valence-corrected chi connectivity index (χ3v) is 8.90. The normalized spacial score (nSPS) is 13.1. The van der Waals surface area contributed by atoms with Crippen LogP contribution in [0.4, 0.5) is 0 Å². The summed E-state index contributed by atoms with van der Waals surface area (Å²) >= 11 is -0.826. The fourth-order valence-electron chi connectivity index (χ4n) is 6.31. The molecule has 0 amide bonds. The zero-order valence-electron chi connectivity index (χ0n) is 28.9. The predicted octanol–water partition coefficient (Wildman–Crippen LogP) is 13.2. The number of fused-ring (bicyclic) bond motifs is 3. The summed E-state index contributed by atoms with van der Waals surface area (Å²) in [7, 11) is 9.87. The summed E-state index contributed by atoms with van der Waals surface area (Å²) < 4.78 is 0. The molecule has 0 heterocycles. The van der Waals surface area contributed by atoms with Crippen molar-refractivity contribution < 1.29 is 20.8 Å². The van der Waals surface area contributed by atoms with Gasteiger partial charge in [0.1, 0.15) is 0 Å². The van der Waals surface area contributed by atoms with E-state index in [1.807, 2.05) is 0 Å². The SMILES string of the molecule is CC(C)(C)c1ccc(-c2cc3c(cc2C(C)(C)C)-c2cc(C(C)(C)C)c(-c4ccc(C(C)(C)C)cc4)cc2C3)cc1.[Cl][Zr][Cl]. The summed E-state index contributed by atoms with van der Waals surface area (Å²) in [5.41, 5.74) is 17.1. The Kier molecular flexibility index (Phi) is 10.3. The Morgan fingerprint density at radius 1 is 0.432 bits per heavy atom. The van der Waals surface area contributed by atoms with Gasteiger partial charge in [-0.1, -0.05) is 132 Å². The van der Waals surface area contributed by atoms with E-state index < -0.39 is 20.8 Å². The number of benzene rings is 4. The molecular formula is C41H50Cl2Zr. The predicted molar refractivity (Wildman–Crippen MR) is 192 cm³/mol. The fourth-order valence-corrected chi connectivity index (χ4v) is 6.31. The van der Waals surface area contributed by atoms with Crippen LogP contribution in [-0.4, -0.2) is 0 Å². The molecule has 3 heteroatoms. The van der Waals surface area contributed by atoms with Crippen LogP contribution < -0.4 is 0 Å². The summed E-state index contributed by atoms with van der Waals surface area (Å²) in [5.74, 6) is 0. The molecule has 0 radical (unpaired) electrons. The fraction of sp³-hybridized carbons (Fsp3) is 0.415. The summed E-state index contributed by atoms with van der Waals surface area (Å²) in [5, 5.41) is 0. The molecule has 0 unspecified atom stereocenters. The Bertz CT molecular complexity index is 1490. The summed E-state index contributed by atoms with van der Waals surface area (Å²) in [6, 6.07) is 28.6. The molecule has 0 N–H and O–H groups in total. The van der Waals surface area contributed by atoms with Crippen LogP contribution in [-0.2, 0) is 48.9 Å². The number of hydrogen-bond donors (Lipinski definition) is 0. The van der Waals surface area contributed by atoms with E-state index in [1.54, 1.807) is 0 Å². The van der Waals surface area contributed by atoms with Gasteiger partial charge in [0.2, 0.25) is 0 Å². The van der Waals surface area contributed by atoms with Gasteiger partial charge in [-0.2, -0.15) is 0 Å². The number of hydrogen-bond acceptors (Lipinski definition) is 0. The monoisotopic (exact) mass is 702 g/mol. The van der Waals surface area contributed by atoms with Gasteiger partial charge in [-0.25, -0.2) is 0 Å². The van der Waals surface area contributed by atoms with Crippen LogP contribution in [0.25, 0.3) is 33.4 Å². The van der Waals surface area contributed by atoms with Crippen molar-refractivity contribution in [3.63, 3.8) is 0 Å². The van der Waals surface area contributed by atoms with E-state index in [4.69, 9.17) is 17.0 Å². The first-order valence-electron chi connectivity index (χ1n) is 15.8. The third-order valence-electron chi connectivity index (χ3n) is 8.90. The summed E-state index contributed by atoms with van der Waals surface area (Å²) in [4.78, 5) is 0. The second-order valence-electron chi connectivity index (χ2n) is 16.5. The first-order valence-corrected chi connectivity index (χ1v) is 22.1. The number of halogens is 2. The molecule has 0 aromatic heterocycles. The molecule has 0 fully saturated rings. The molecule has 1 aliphatic carbocycles. The Hall–Kier alpha value is -1.66. The van der Waals surface area contributed by atoms with Gasteiger partial charge >= 0.3 is 37.9 Å². The van der Waals surface area contributed by atoms with Gasteiger partial charge in [-0.15, -0.1) is 0 Å². The van der Waals surface area contributed by atoms with Gasteiger partial charge in [0.15, 0.2) is 0 Å². The Morgan fingerprint density at radius 2 is 0.727 bits per heavy atom. The first-order chi connectivity index (χ1) is 20.3. The molecule has 0 nitrogen and oxygen atoms in total. The van der Waals surface area contributed by atoms with Crippen LogP contribution in [0.3, 0.4) is 0 Å². The standard InChI is InChI=1S/C41H50.2ClH.Zr/c1-38(2,3)30-17-13-26(14-18-30)34-22-28-21-29-23-35(27-15-19-31(20-16-27)39(4,5)6)37(41(10,11)12)25-33(29)32(28)24-36(34)40(7,8)9;;;/h13-20,22-25H,21H2,1-12H3;2*1H;/q;;;+2/p-2. The van der Waals surface area contributed by atoms with Crippen LogP contribution in [0.2, 0.25) is 0 Å². The van der Waals surface area contributed by atoms with E-state index in [1.165, 1.54) is 66.8 Å². The molecule has 44 heavy (non-hydrogen) atoms. The Balaban J connectivity index is 0.00000141. The van der Waals surface area contributed by atoms with E-state index in [0.717, 1.165) is 6.42 Å². The van der Waals surface area contributed by atoms with Crippen molar-refractivity contribution in [2.24, 2.45) is 0 Å². The number of rotatable bonds is 2. The Labute approximate surface area is 286 Å². The molecule has 0 aliphatic heterocycles. The zero-order valence-corrected chi connectivity index (χ0v) is 32.9. The summed E-state index contributed by atoms with van der Waals surface area (Å²) in [6.07, 6.45) is 0.986. The average molecular weight is 705 g/mol. The van der Waals surface area contributed by atoms with E-state index in [-0.39, 0.29) is 21.7 Å². The quantitative estimate of drug-likeness (QED) is 0.172. The van der Waals surface area contributed by atoms with Crippen LogP contribution in [0.5, 0.6) is 0 Å². The van der Waals surface area contributed by atoms with Crippen molar-refractivity contribution in [3.8, 4) is 33.4 Å². The molecule has 0 saturated heterocycles. The minimum absolute atomic E-state index is 0.0391. The van der Waals surface area contributed by atoms with Crippen molar-refractivity contribution in [1.82, 2.24) is 0 Å². The molecule has 0 saturated carbocycles. The van der Waals surface area contributed by atoms with Crippen LogP contribution >= 0.6 is 17.0 Å². The molecule has 0 atom stereocenters. The van der Waals surface area contributed by atoms with Crippen LogP contribution in [0, 0.1) is 0 Å². The van der Waals surface area contributed by atoms with Crippen molar-refractivity contribution in [2.45, 2.75) is 111 Å². The molecule has 232 valence electrons. The molecular weight excluding hydrogens is 655 g/mol. The van der Waals surface area contributed by atoms with Gasteiger partial charge in [-0.05, 0) is 119 Å². The Morgan fingerprint density at radius 3 is 0.977 bits per heavy atom. The van der Waals surface area contributed by atoms with Crippen molar-refractivity contribution >= 4 is 17.0 Å². The summed E-state index contributed by atoms with van der Waals surface area (Å²) in [6.45, 7) is 27.8. The second-order valence-corrected chi connectivity index (χ2v) is 20.2. The maximum absolute atomic E-state index is 4.93. The second kappa shape index (κ2) is 12.9. The first kappa shape index (κ1) is 35.2. The molecule has 0 spiro atoms. The molecule has 1 aliphatic rings. The zero-order chi connectivity index (χ0) is 32.8. The third kappa shape index (κ3) is 7.65. The van der Waals surface area contributed by atoms with E-state index in [0.29, 0.717) is 0 Å². The van der Waals surface area contributed by atoms with Crippen molar-refractivity contribution in [2.75, 3.05) is 0 Å². The van der Waals surface area contributed by atoms with Crippen LogP contribution in [0.15, 0.2) is 72.8 Å². The average Bonchev–Trinajstić information content (AvgIpc) is 3.27. The van der Waals surface area contributed by atoms with E-state index in [9.17, 15) is 0 Å². The topological polar surface area (TPSA) is 0 Å². The van der Waals surface area contributed by atoms with Gasteiger partial charge in [0.05, 0.1) is 0 Å². The van der Waals surface area contributed by atoms with Gasteiger partial charge in [0, 0.05) is 0 Å². The molecule has 4 aromatic carbocycles. The maximum atomic E-state index is 4.93. The van der Waals surface area contributed by atoms with Crippen LogP contribution in [0.1, 0.15) is 116 Å². The van der Waals surface area contributed by atoms with E-state index in [2.05, 4.69) is 156 Å². The van der Waals surface area contributed by atoms with Gasteiger partial charge in [0.25, 0.3) is 0 Å². The molecule has 0 bridgehead atoms. The van der Waals surface area contributed by atoms with Crippen molar-refractivity contribution in [3.05, 3.63) is 106 Å². The van der Waals surface area contributed by atoms with Gasteiger partial charge in [-0.3, -0.25) is 0 Å². The van der Waals surface area contributed by atoms with Crippen molar-refractivity contribution in [1.29, 1.82) is 0 Å². The van der Waals surface area contributed by atoms with E-state index >= 15 is 0 Å².